The summed E-state index contributed by atoms with van der Waals surface area (Å²) in [5.74, 6) is 0.690. The smallest absolute Gasteiger partial charge is 0.264 e. The van der Waals surface area contributed by atoms with Crippen LogP contribution in [-0.4, -0.2) is 19.1 Å². The number of nitrogens with zero attached hydrogens (tertiary/aromatic N) is 1. The fraction of sp³-hybridized carbons (Fsp3) is 0.188. The molecule has 0 atom stereocenters. The first-order valence-corrected chi connectivity index (χ1v) is 7.30. The maximum Gasteiger partial charge on any atom is 0.264 e. The molecule has 3 nitrogen and oxygen atoms in total. The Bertz CT molecular complexity index is 642. The molecule has 0 bridgehead atoms. The molecular formula is C16H14BrNO2. The van der Waals surface area contributed by atoms with Gasteiger partial charge in [0.05, 0.1) is 0 Å². The molecule has 2 aromatic carbocycles. The van der Waals surface area contributed by atoms with E-state index in [1.807, 2.05) is 42.5 Å². The van der Waals surface area contributed by atoms with Gasteiger partial charge in [0.25, 0.3) is 5.91 Å². The van der Waals surface area contributed by atoms with Crippen LogP contribution in [0.2, 0.25) is 0 Å². The predicted octanol–water partition coefficient (Wildman–Crippen LogP) is 3.42. The number of benzene rings is 2. The summed E-state index contributed by atoms with van der Waals surface area (Å²) in [7, 11) is 0. The molecule has 0 radical (unpaired) electrons. The molecule has 20 heavy (non-hydrogen) atoms. The standard InChI is InChI=1S/C16H14BrNO2/c17-13-5-3-6-14(10-13)20-11-16(19)18-9-8-12-4-1-2-7-15(12)18/h1-7,10H,8-9,11H2. The fourth-order valence-corrected chi connectivity index (χ4v) is 2.76. The van der Waals surface area contributed by atoms with Crippen molar-refractivity contribution >= 4 is 27.5 Å². The monoisotopic (exact) mass is 331 g/mol. The largest absolute Gasteiger partial charge is 0.484 e. The molecule has 1 aliphatic rings. The molecule has 1 heterocycles. The molecule has 0 saturated carbocycles. The molecule has 0 spiro atoms. The number of hydrogen-bond donors (Lipinski definition) is 0. The lowest BCUT2D eigenvalue weighted by molar-refractivity contribution is -0.120. The van der Waals surface area contributed by atoms with Gasteiger partial charge in [-0.3, -0.25) is 4.79 Å². The predicted molar refractivity (Wildman–Crippen MR) is 82.1 cm³/mol. The summed E-state index contributed by atoms with van der Waals surface area (Å²) in [6.45, 7) is 0.796. The second kappa shape index (κ2) is 5.67. The van der Waals surface area contributed by atoms with Gasteiger partial charge in [0.15, 0.2) is 6.61 Å². The number of rotatable bonds is 3. The zero-order chi connectivity index (χ0) is 13.9. The van der Waals surface area contributed by atoms with Gasteiger partial charge in [-0.25, -0.2) is 0 Å². The van der Waals surface area contributed by atoms with Crippen LogP contribution < -0.4 is 9.64 Å². The third kappa shape index (κ3) is 2.70. The Morgan fingerprint density at radius 3 is 2.90 bits per heavy atom. The number of carbonyl (C=O) groups is 1. The molecule has 4 heteroatoms. The van der Waals surface area contributed by atoms with Crippen molar-refractivity contribution in [2.24, 2.45) is 0 Å². The molecule has 102 valence electrons. The number of hydrogen-bond acceptors (Lipinski definition) is 2. The minimum absolute atomic E-state index is 0.00470. The normalized spacial score (nSPS) is 13.2. The Hall–Kier alpha value is -1.81. The Morgan fingerprint density at radius 2 is 2.05 bits per heavy atom. The van der Waals surface area contributed by atoms with Crippen LogP contribution in [0.3, 0.4) is 0 Å². The molecule has 0 fully saturated rings. The van der Waals surface area contributed by atoms with Crippen LogP contribution in [0.25, 0.3) is 0 Å². The highest BCUT2D eigenvalue weighted by Gasteiger charge is 2.24. The Morgan fingerprint density at radius 1 is 1.20 bits per heavy atom. The Kier molecular flexibility index (Phi) is 3.74. The van der Waals surface area contributed by atoms with E-state index in [1.54, 1.807) is 4.90 Å². The Balaban J connectivity index is 1.66. The van der Waals surface area contributed by atoms with E-state index in [0.29, 0.717) is 5.75 Å². The lowest BCUT2D eigenvalue weighted by Crippen LogP contribution is -2.33. The maximum absolute atomic E-state index is 12.3. The zero-order valence-electron chi connectivity index (χ0n) is 10.9. The second-order valence-corrected chi connectivity index (χ2v) is 5.59. The summed E-state index contributed by atoms with van der Waals surface area (Å²) >= 11 is 3.38. The highest BCUT2D eigenvalue weighted by molar-refractivity contribution is 9.10. The van der Waals surface area contributed by atoms with Crippen LogP contribution in [0.1, 0.15) is 5.56 Å². The van der Waals surface area contributed by atoms with Gasteiger partial charge in [-0.15, -0.1) is 0 Å². The van der Waals surface area contributed by atoms with Crippen molar-refractivity contribution in [3.8, 4) is 5.75 Å². The first kappa shape index (κ1) is 13.2. The van der Waals surface area contributed by atoms with Gasteiger partial charge < -0.3 is 9.64 Å². The zero-order valence-corrected chi connectivity index (χ0v) is 12.5. The number of halogens is 1. The van der Waals surface area contributed by atoms with Crippen molar-refractivity contribution in [2.45, 2.75) is 6.42 Å². The summed E-state index contributed by atoms with van der Waals surface area (Å²) in [6.07, 6.45) is 0.915. The fourth-order valence-electron chi connectivity index (χ4n) is 2.38. The SMILES string of the molecule is O=C(COc1cccc(Br)c1)N1CCc2ccccc21. The minimum Gasteiger partial charge on any atom is -0.484 e. The maximum atomic E-state index is 12.3. The van der Waals surface area contributed by atoms with Crippen LogP contribution in [0.4, 0.5) is 5.69 Å². The summed E-state index contributed by atoms with van der Waals surface area (Å²) in [5.41, 5.74) is 2.23. The van der Waals surface area contributed by atoms with Gasteiger partial charge in [-0.2, -0.15) is 0 Å². The van der Waals surface area contributed by atoms with Crippen molar-refractivity contribution in [1.29, 1.82) is 0 Å². The number of amides is 1. The van der Waals surface area contributed by atoms with Gasteiger partial charge in [0.2, 0.25) is 0 Å². The first-order valence-electron chi connectivity index (χ1n) is 6.51. The van der Waals surface area contributed by atoms with Crippen molar-refractivity contribution < 1.29 is 9.53 Å². The van der Waals surface area contributed by atoms with E-state index < -0.39 is 0 Å². The third-order valence-corrected chi connectivity index (χ3v) is 3.84. The highest BCUT2D eigenvalue weighted by atomic mass is 79.9. The molecule has 3 rings (SSSR count). The second-order valence-electron chi connectivity index (χ2n) is 4.67. The van der Waals surface area contributed by atoms with Crippen LogP contribution in [-0.2, 0) is 11.2 Å². The van der Waals surface area contributed by atoms with Crippen molar-refractivity contribution in [1.82, 2.24) is 0 Å². The van der Waals surface area contributed by atoms with Crippen LogP contribution in [0.5, 0.6) is 5.75 Å². The highest BCUT2D eigenvalue weighted by Crippen LogP contribution is 2.27. The molecule has 0 aliphatic carbocycles. The van der Waals surface area contributed by atoms with Crippen molar-refractivity contribution in [3.63, 3.8) is 0 Å². The van der Waals surface area contributed by atoms with E-state index in [9.17, 15) is 4.79 Å². The molecule has 1 amide bonds. The quantitative estimate of drug-likeness (QED) is 0.862. The summed E-state index contributed by atoms with van der Waals surface area (Å²) in [5, 5.41) is 0. The van der Waals surface area contributed by atoms with Crippen molar-refractivity contribution in [2.75, 3.05) is 18.1 Å². The number of para-hydroxylation sites is 1. The van der Waals surface area contributed by atoms with E-state index in [2.05, 4.69) is 22.0 Å². The average molecular weight is 332 g/mol. The van der Waals surface area contributed by atoms with Gasteiger partial charge >= 0.3 is 0 Å². The van der Waals surface area contributed by atoms with E-state index in [-0.39, 0.29) is 12.5 Å². The molecule has 1 aliphatic heterocycles. The van der Waals surface area contributed by atoms with E-state index >= 15 is 0 Å². The lowest BCUT2D eigenvalue weighted by Gasteiger charge is -2.17. The summed E-state index contributed by atoms with van der Waals surface area (Å²) in [4.78, 5) is 14.1. The Labute approximate surface area is 126 Å². The van der Waals surface area contributed by atoms with E-state index in [1.165, 1.54) is 5.56 Å². The van der Waals surface area contributed by atoms with Gasteiger partial charge in [0, 0.05) is 16.7 Å². The third-order valence-electron chi connectivity index (χ3n) is 3.35. The summed E-state index contributed by atoms with van der Waals surface area (Å²) in [6, 6.07) is 15.5. The van der Waals surface area contributed by atoms with E-state index in [4.69, 9.17) is 4.74 Å². The molecule has 0 saturated heterocycles. The molecule has 2 aromatic rings. The van der Waals surface area contributed by atoms with Gasteiger partial charge in [-0.05, 0) is 36.2 Å². The molecular weight excluding hydrogens is 318 g/mol. The van der Waals surface area contributed by atoms with Crippen LogP contribution in [0.15, 0.2) is 53.0 Å². The van der Waals surface area contributed by atoms with Crippen molar-refractivity contribution in [3.05, 3.63) is 58.6 Å². The number of anilines is 1. The molecule has 0 aromatic heterocycles. The van der Waals surface area contributed by atoms with Gasteiger partial charge in [-0.1, -0.05) is 40.2 Å². The van der Waals surface area contributed by atoms with Gasteiger partial charge in [0.1, 0.15) is 5.75 Å². The lowest BCUT2D eigenvalue weighted by atomic mass is 10.2. The number of carbonyl (C=O) groups excluding carboxylic acids is 1. The van der Waals surface area contributed by atoms with Crippen LogP contribution >= 0.6 is 15.9 Å². The topological polar surface area (TPSA) is 29.5 Å². The first-order chi connectivity index (χ1) is 9.74. The van der Waals surface area contributed by atoms with E-state index in [0.717, 1.165) is 23.1 Å². The number of ether oxygens (including phenoxy) is 1. The molecule has 0 N–H and O–H groups in total. The van der Waals surface area contributed by atoms with Crippen LogP contribution in [0, 0.1) is 0 Å². The summed E-state index contributed by atoms with van der Waals surface area (Å²) < 4.78 is 6.49. The number of fused-ring (bicyclic) bond motifs is 1. The molecule has 0 unspecified atom stereocenters. The average Bonchev–Trinajstić information content (AvgIpc) is 2.89. The minimum atomic E-state index is -0.00470.